The van der Waals surface area contributed by atoms with E-state index in [2.05, 4.69) is 33.5 Å². The molecule has 0 bridgehead atoms. The second kappa shape index (κ2) is 4.34. The number of hydrogen-bond acceptors (Lipinski definition) is 6. The summed E-state index contributed by atoms with van der Waals surface area (Å²) in [7, 11) is 0. The minimum atomic E-state index is -0.173. The highest BCUT2D eigenvalue weighted by molar-refractivity contribution is 8.04. The molecule has 1 atom stereocenters. The van der Waals surface area contributed by atoms with E-state index in [0.29, 0.717) is 11.8 Å². The van der Waals surface area contributed by atoms with Gasteiger partial charge in [0.05, 0.1) is 21.0 Å². The van der Waals surface area contributed by atoms with Crippen molar-refractivity contribution in [3.05, 3.63) is 40.5 Å². The van der Waals surface area contributed by atoms with Crippen molar-refractivity contribution in [3.8, 4) is 0 Å². The van der Waals surface area contributed by atoms with Crippen LogP contribution in [-0.2, 0) is 4.75 Å². The molecule has 0 saturated heterocycles. The van der Waals surface area contributed by atoms with Gasteiger partial charge in [-0.05, 0) is 18.6 Å². The second-order valence-electron chi connectivity index (χ2n) is 4.61. The molecular formula is C12H16N6S. The number of aromatic nitrogens is 2. The predicted octanol–water partition coefficient (Wildman–Crippen LogP) is 1.08. The molecule has 0 spiro atoms. The molecule has 0 saturated carbocycles. The molecule has 2 aliphatic rings. The van der Waals surface area contributed by atoms with Crippen LogP contribution in [0.15, 0.2) is 39.8 Å². The molecule has 1 aromatic heterocycles. The Morgan fingerprint density at radius 2 is 2.26 bits per heavy atom. The first-order chi connectivity index (χ1) is 9.14. The van der Waals surface area contributed by atoms with Crippen molar-refractivity contribution in [1.29, 1.82) is 0 Å². The van der Waals surface area contributed by atoms with Crippen LogP contribution >= 0.6 is 11.8 Å². The number of aromatic amines is 1. The van der Waals surface area contributed by atoms with Crippen LogP contribution in [0.3, 0.4) is 0 Å². The molecule has 100 valence electrons. The van der Waals surface area contributed by atoms with Crippen molar-refractivity contribution in [2.75, 3.05) is 0 Å². The van der Waals surface area contributed by atoms with Gasteiger partial charge in [-0.3, -0.25) is 5.10 Å². The monoisotopic (exact) mass is 276 g/mol. The van der Waals surface area contributed by atoms with Crippen LogP contribution in [-0.4, -0.2) is 16.2 Å². The molecule has 2 aliphatic heterocycles. The van der Waals surface area contributed by atoms with E-state index in [4.69, 9.17) is 11.5 Å². The Morgan fingerprint density at radius 3 is 2.95 bits per heavy atom. The fourth-order valence-electron chi connectivity index (χ4n) is 2.45. The van der Waals surface area contributed by atoms with Crippen LogP contribution in [0.25, 0.3) is 0 Å². The van der Waals surface area contributed by atoms with Crippen molar-refractivity contribution >= 4 is 17.7 Å². The van der Waals surface area contributed by atoms with Crippen molar-refractivity contribution in [3.63, 3.8) is 0 Å². The Balaban J connectivity index is 2.06. The first-order valence-electron chi connectivity index (χ1n) is 6.17. The quantitative estimate of drug-likeness (QED) is 0.661. The fourth-order valence-corrected chi connectivity index (χ4v) is 3.89. The zero-order valence-electron chi connectivity index (χ0n) is 10.6. The van der Waals surface area contributed by atoms with E-state index in [1.54, 1.807) is 18.0 Å². The smallest absolute Gasteiger partial charge is 0.199 e. The van der Waals surface area contributed by atoms with Gasteiger partial charge in [0.15, 0.2) is 5.96 Å². The minimum absolute atomic E-state index is 0.173. The predicted molar refractivity (Wildman–Crippen MR) is 76.8 cm³/mol. The minimum Gasteiger partial charge on any atom is -0.383 e. The number of guanidine groups is 1. The van der Waals surface area contributed by atoms with Crippen molar-refractivity contribution in [2.24, 2.45) is 16.5 Å². The zero-order valence-corrected chi connectivity index (χ0v) is 11.4. The van der Waals surface area contributed by atoms with E-state index in [9.17, 15) is 0 Å². The van der Waals surface area contributed by atoms with Gasteiger partial charge in [0.2, 0.25) is 0 Å². The van der Waals surface area contributed by atoms with Crippen molar-refractivity contribution < 1.29 is 0 Å². The number of rotatable bonds is 3. The second-order valence-corrected chi connectivity index (χ2v) is 5.95. The summed E-state index contributed by atoms with van der Waals surface area (Å²) in [5.41, 5.74) is 13.7. The van der Waals surface area contributed by atoms with E-state index in [1.165, 1.54) is 0 Å². The van der Waals surface area contributed by atoms with Crippen LogP contribution in [0.1, 0.15) is 25.5 Å². The van der Waals surface area contributed by atoms with Gasteiger partial charge in [0.1, 0.15) is 5.82 Å². The molecule has 3 heterocycles. The first-order valence-corrected chi connectivity index (χ1v) is 6.99. The van der Waals surface area contributed by atoms with Gasteiger partial charge in [-0.1, -0.05) is 13.3 Å². The van der Waals surface area contributed by atoms with E-state index >= 15 is 0 Å². The summed E-state index contributed by atoms with van der Waals surface area (Å²) in [6.45, 7) is 2.16. The number of fused-ring (bicyclic) bond motifs is 1. The third-order valence-corrected chi connectivity index (χ3v) is 4.76. The number of nitrogens with one attached hydrogen (secondary N) is 2. The van der Waals surface area contributed by atoms with E-state index in [1.807, 2.05) is 6.07 Å². The average Bonchev–Trinajstić information content (AvgIpc) is 2.96. The molecule has 0 fully saturated rings. The molecule has 0 aliphatic carbocycles. The zero-order chi connectivity index (χ0) is 13.5. The molecule has 0 aromatic carbocycles. The lowest BCUT2D eigenvalue weighted by atomic mass is 9.97. The summed E-state index contributed by atoms with van der Waals surface area (Å²) in [4.78, 5) is 5.04. The molecule has 19 heavy (non-hydrogen) atoms. The van der Waals surface area contributed by atoms with E-state index < -0.39 is 0 Å². The number of H-pyrrole nitrogens is 1. The number of hydrogen-bond donors (Lipinski definition) is 4. The van der Waals surface area contributed by atoms with Crippen LogP contribution in [0.5, 0.6) is 0 Å². The maximum absolute atomic E-state index is 5.97. The summed E-state index contributed by atoms with van der Waals surface area (Å²) in [5, 5.41) is 10.2. The molecule has 1 unspecified atom stereocenters. The Morgan fingerprint density at radius 1 is 1.42 bits per heavy atom. The molecule has 0 radical (unpaired) electrons. The third kappa shape index (κ3) is 1.90. The van der Waals surface area contributed by atoms with Crippen LogP contribution in [0, 0.1) is 0 Å². The molecule has 6 N–H and O–H groups in total. The SMILES string of the molecule is CCCC1(c2ccn[nH]2)C=C2NC(N)=NC(N)=C2S1. The van der Waals surface area contributed by atoms with Gasteiger partial charge in [0, 0.05) is 6.20 Å². The Hall–Kier alpha value is -1.89. The Bertz CT molecular complexity index is 585. The molecular weight excluding hydrogens is 260 g/mol. The molecule has 6 nitrogen and oxygen atoms in total. The number of thioether (sulfide) groups is 1. The van der Waals surface area contributed by atoms with Gasteiger partial charge >= 0.3 is 0 Å². The Labute approximate surface area is 115 Å². The van der Waals surface area contributed by atoms with Gasteiger partial charge < -0.3 is 16.8 Å². The lowest BCUT2D eigenvalue weighted by Crippen LogP contribution is -2.34. The highest BCUT2D eigenvalue weighted by Crippen LogP contribution is 2.53. The van der Waals surface area contributed by atoms with Gasteiger partial charge in [-0.2, -0.15) is 10.1 Å². The normalized spacial score (nSPS) is 25.7. The summed E-state index contributed by atoms with van der Waals surface area (Å²) < 4.78 is -0.173. The molecule has 7 heteroatoms. The molecule has 3 rings (SSSR count). The summed E-state index contributed by atoms with van der Waals surface area (Å²) in [5.74, 6) is 0.815. The van der Waals surface area contributed by atoms with Crippen LogP contribution in [0.2, 0.25) is 0 Å². The van der Waals surface area contributed by atoms with E-state index in [-0.39, 0.29) is 4.75 Å². The number of nitrogens with two attached hydrogens (primary N) is 2. The van der Waals surface area contributed by atoms with Gasteiger partial charge in [0.25, 0.3) is 0 Å². The highest BCUT2D eigenvalue weighted by Gasteiger charge is 2.41. The summed E-state index contributed by atoms with van der Waals surface area (Å²) >= 11 is 1.70. The van der Waals surface area contributed by atoms with Gasteiger partial charge in [-0.25, -0.2) is 0 Å². The van der Waals surface area contributed by atoms with Gasteiger partial charge in [-0.15, -0.1) is 11.8 Å². The third-order valence-electron chi connectivity index (χ3n) is 3.22. The first kappa shape index (κ1) is 12.2. The average molecular weight is 276 g/mol. The Kier molecular flexibility index (Phi) is 2.78. The van der Waals surface area contributed by atoms with Crippen molar-refractivity contribution in [1.82, 2.24) is 15.5 Å². The number of nitrogens with zero attached hydrogens (tertiary/aromatic N) is 2. The van der Waals surface area contributed by atoms with Crippen LogP contribution < -0.4 is 16.8 Å². The topological polar surface area (TPSA) is 105 Å². The van der Waals surface area contributed by atoms with Crippen molar-refractivity contribution in [2.45, 2.75) is 24.5 Å². The largest absolute Gasteiger partial charge is 0.383 e. The summed E-state index contributed by atoms with van der Waals surface area (Å²) in [6.07, 6.45) is 5.98. The van der Waals surface area contributed by atoms with Crippen LogP contribution in [0.4, 0.5) is 0 Å². The highest BCUT2D eigenvalue weighted by atomic mass is 32.2. The standard InChI is InChI=1S/C12H16N6S/c1-2-4-12(8-3-5-15-18-8)6-7-9(19-12)10(13)17-11(14)16-7/h3,5-6H,2,4,13H2,1H3,(H,15,18)(H3,14,16,17). The van der Waals surface area contributed by atoms with E-state index in [0.717, 1.165) is 29.1 Å². The lowest BCUT2D eigenvalue weighted by molar-refractivity contribution is 0.647. The maximum Gasteiger partial charge on any atom is 0.199 e. The lowest BCUT2D eigenvalue weighted by Gasteiger charge is -2.24. The number of aliphatic imine (C=N–C) groups is 1. The fraction of sp³-hybridized carbons (Fsp3) is 0.333. The molecule has 1 aromatic rings. The maximum atomic E-state index is 5.97. The molecule has 0 amide bonds. The summed E-state index contributed by atoms with van der Waals surface area (Å²) in [6, 6.07) is 2.00.